The summed E-state index contributed by atoms with van der Waals surface area (Å²) >= 11 is 0. The number of anilines is 1. The molecule has 2 aliphatic rings. The molecule has 1 amide bonds. The van der Waals surface area contributed by atoms with Crippen LogP contribution in [0.3, 0.4) is 0 Å². The zero-order valence-electron chi connectivity index (χ0n) is 16.1. The molecule has 28 heavy (non-hydrogen) atoms. The van der Waals surface area contributed by atoms with Crippen LogP contribution in [-0.4, -0.2) is 61.6 Å². The zero-order valence-corrected chi connectivity index (χ0v) is 16.1. The summed E-state index contributed by atoms with van der Waals surface area (Å²) < 4.78 is 11.1. The second-order valence-electron chi connectivity index (χ2n) is 7.26. The van der Waals surface area contributed by atoms with Crippen LogP contribution in [0.5, 0.6) is 11.5 Å². The number of amides is 1. The van der Waals surface area contributed by atoms with Gasteiger partial charge in [0.2, 0.25) is 5.91 Å². The average Bonchev–Trinajstić information content (AvgIpc) is 2.74. The lowest BCUT2D eigenvalue weighted by Crippen LogP contribution is -2.46. The van der Waals surface area contributed by atoms with E-state index in [9.17, 15) is 4.79 Å². The first-order valence-corrected chi connectivity index (χ1v) is 9.94. The number of hydrogen-bond donors (Lipinski definition) is 1. The third-order valence-electron chi connectivity index (χ3n) is 5.19. The van der Waals surface area contributed by atoms with Crippen LogP contribution in [0.1, 0.15) is 12.0 Å². The predicted molar refractivity (Wildman–Crippen MR) is 109 cm³/mol. The first-order chi connectivity index (χ1) is 13.8. The van der Waals surface area contributed by atoms with Gasteiger partial charge in [0.05, 0.1) is 0 Å². The molecule has 2 aromatic carbocycles. The molecule has 6 nitrogen and oxygen atoms in total. The number of hydrogen-bond acceptors (Lipinski definition) is 5. The van der Waals surface area contributed by atoms with Gasteiger partial charge in [0.15, 0.2) is 11.5 Å². The number of carbonyl (C=O) groups is 1. The molecule has 1 fully saturated rings. The summed E-state index contributed by atoms with van der Waals surface area (Å²) in [7, 11) is 0. The Kier molecular flexibility index (Phi) is 6.09. The van der Waals surface area contributed by atoms with Crippen molar-refractivity contribution in [2.45, 2.75) is 13.0 Å². The summed E-state index contributed by atoms with van der Waals surface area (Å²) in [5.74, 6) is 1.46. The number of fused-ring (bicyclic) bond motifs is 1. The van der Waals surface area contributed by atoms with E-state index in [4.69, 9.17) is 9.47 Å². The Balaban J connectivity index is 1.18. The van der Waals surface area contributed by atoms with Gasteiger partial charge in [-0.3, -0.25) is 9.69 Å². The number of rotatable bonds is 6. The molecular formula is C22H27N3O3. The highest BCUT2D eigenvalue weighted by Crippen LogP contribution is 2.32. The number of ether oxygens (including phenoxy) is 2. The van der Waals surface area contributed by atoms with Gasteiger partial charge in [0, 0.05) is 57.4 Å². The second kappa shape index (κ2) is 9.08. The second-order valence-corrected chi connectivity index (χ2v) is 7.26. The SMILES string of the molecule is O=C(CCN1CCN(Cc2ccccc2)CC1)Nc1ccc2c(c1)OCCO2. The molecular weight excluding hydrogens is 354 g/mol. The fourth-order valence-electron chi connectivity index (χ4n) is 3.62. The number of carbonyl (C=O) groups excluding carboxylic acids is 1. The van der Waals surface area contributed by atoms with E-state index in [0.29, 0.717) is 25.4 Å². The van der Waals surface area contributed by atoms with E-state index in [2.05, 4.69) is 45.4 Å². The minimum absolute atomic E-state index is 0.0309. The van der Waals surface area contributed by atoms with Crippen LogP contribution < -0.4 is 14.8 Å². The molecule has 0 atom stereocenters. The third-order valence-corrected chi connectivity index (χ3v) is 5.19. The van der Waals surface area contributed by atoms with Crippen LogP contribution in [0.15, 0.2) is 48.5 Å². The minimum Gasteiger partial charge on any atom is -0.486 e. The van der Waals surface area contributed by atoms with E-state index < -0.39 is 0 Å². The molecule has 0 spiro atoms. The lowest BCUT2D eigenvalue weighted by atomic mass is 10.2. The Hall–Kier alpha value is -2.57. The predicted octanol–water partition coefficient (Wildman–Crippen LogP) is 2.60. The average molecular weight is 381 g/mol. The molecule has 0 bridgehead atoms. The van der Waals surface area contributed by atoms with Gasteiger partial charge in [0.1, 0.15) is 13.2 Å². The summed E-state index contributed by atoms with van der Waals surface area (Å²) in [6.07, 6.45) is 0.493. The molecule has 2 aromatic rings. The van der Waals surface area contributed by atoms with Gasteiger partial charge >= 0.3 is 0 Å². The third kappa shape index (κ3) is 5.03. The summed E-state index contributed by atoms with van der Waals surface area (Å²) in [4.78, 5) is 17.1. The maximum Gasteiger partial charge on any atom is 0.225 e. The van der Waals surface area contributed by atoms with E-state index in [0.717, 1.165) is 50.7 Å². The van der Waals surface area contributed by atoms with Crippen molar-refractivity contribution in [2.24, 2.45) is 0 Å². The molecule has 2 aliphatic heterocycles. The van der Waals surface area contributed by atoms with Crippen molar-refractivity contribution < 1.29 is 14.3 Å². The first kappa shape index (κ1) is 18.8. The zero-order chi connectivity index (χ0) is 19.2. The van der Waals surface area contributed by atoms with Gasteiger partial charge in [0.25, 0.3) is 0 Å². The molecule has 1 N–H and O–H groups in total. The summed E-state index contributed by atoms with van der Waals surface area (Å²) in [6.45, 7) is 6.98. The van der Waals surface area contributed by atoms with Crippen molar-refractivity contribution in [1.82, 2.24) is 9.80 Å². The van der Waals surface area contributed by atoms with Crippen molar-refractivity contribution >= 4 is 11.6 Å². The van der Waals surface area contributed by atoms with Gasteiger partial charge in [-0.25, -0.2) is 0 Å². The fraction of sp³-hybridized carbons (Fsp3) is 0.409. The standard InChI is InChI=1S/C22H27N3O3/c26-22(23-19-6-7-20-21(16-19)28-15-14-27-20)8-9-24-10-12-25(13-11-24)17-18-4-2-1-3-5-18/h1-7,16H,8-15,17H2,(H,23,26). The van der Waals surface area contributed by atoms with Crippen LogP contribution in [0.2, 0.25) is 0 Å². The largest absolute Gasteiger partial charge is 0.486 e. The molecule has 0 radical (unpaired) electrons. The lowest BCUT2D eigenvalue weighted by molar-refractivity contribution is -0.116. The van der Waals surface area contributed by atoms with Crippen molar-refractivity contribution in [3.8, 4) is 11.5 Å². The maximum absolute atomic E-state index is 12.3. The number of piperazine rings is 1. The van der Waals surface area contributed by atoms with Crippen LogP contribution in [0.4, 0.5) is 5.69 Å². The van der Waals surface area contributed by atoms with Gasteiger partial charge in [-0.2, -0.15) is 0 Å². The van der Waals surface area contributed by atoms with Crippen LogP contribution >= 0.6 is 0 Å². The Bertz CT molecular complexity index is 789. The summed E-state index contributed by atoms with van der Waals surface area (Å²) in [5, 5.41) is 2.96. The summed E-state index contributed by atoms with van der Waals surface area (Å²) in [6, 6.07) is 16.1. The topological polar surface area (TPSA) is 54.0 Å². The van der Waals surface area contributed by atoms with E-state index >= 15 is 0 Å². The van der Waals surface area contributed by atoms with E-state index in [-0.39, 0.29) is 5.91 Å². The smallest absolute Gasteiger partial charge is 0.225 e. The van der Waals surface area contributed by atoms with Gasteiger partial charge < -0.3 is 19.7 Å². The van der Waals surface area contributed by atoms with Gasteiger partial charge in [-0.15, -0.1) is 0 Å². The molecule has 0 aliphatic carbocycles. The van der Waals surface area contributed by atoms with E-state index in [1.165, 1.54) is 5.56 Å². The number of benzene rings is 2. The van der Waals surface area contributed by atoms with Crippen LogP contribution in [0, 0.1) is 0 Å². The normalized spacial score (nSPS) is 17.3. The Labute approximate surface area is 166 Å². The van der Waals surface area contributed by atoms with Crippen LogP contribution in [0.25, 0.3) is 0 Å². The van der Waals surface area contributed by atoms with Gasteiger partial charge in [-0.05, 0) is 17.7 Å². The highest BCUT2D eigenvalue weighted by molar-refractivity contribution is 5.91. The molecule has 0 unspecified atom stereocenters. The monoisotopic (exact) mass is 381 g/mol. The highest BCUT2D eigenvalue weighted by atomic mass is 16.6. The Morgan fingerprint density at radius 1 is 0.893 bits per heavy atom. The highest BCUT2D eigenvalue weighted by Gasteiger charge is 2.18. The Morgan fingerprint density at radius 3 is 2.39 bits per heavy atom. The first-order valence-electron chi connectivity index (χ1n) is 9.94. The molecule has 148 valence electrons. The summed E-state index contributed by atoms with van der Waals surface area (Å²) in [5.41, 5.74) is 2.11. The quantitative estimate of drug-likeness (QED) is 0.834. The molecule has 1 saturated heterocycles. The molecule has 6 heteroatoms. The van der Waals surface area contributed by atoms with Crippen molar-refractivity contribution in [1.29, 1.82) is 0 Å². The molecule has 4 rings (SSSR count). The van der Waals surface area contributed by atoms with Crippen LogP contribution in [-0.2, 0) is 11.3 Å². The fourth-order valence-corrected chi connectivity index (χ4v) is 3.62. The minimum atomic E-state index is 0.0309. The maximum atomic E-state index is 12.3. The van der Waals surface area contributed by atoms with E-state index in [1.54, 1.807) is 0 Å². The Morgan fingerprint density at radius 2 is 1.61 bits per heavy atom. The van der Waals surface area contributed by atoms with Gasteiger partial charge in [-0.1, -0.05) is 30.3 Å². The van der Waals surface area contributed by atoms with Crippen molar-refractivity contribution in [3.05, 3.63) is 54.1 Å². The number of nitrogens with zero attached hydrogens (tertiary/aromatic N) is 2. The molecule has 0 saturated carbocycles. The molecule has 0 aromatic heterocycles. The van der Waals surface area contributed by atoms with E-state index in [1.807, 2.05) is 18.2 Å². The van der Waals surface area contributed by atoms with Crippen molar-refractivity contribution in [2.75, 3.05) is 51.3 Å². The molecule has 2 heterocycles. The lowest BCUT2D eigenvalue weighted by Gasteiger charge is -2.34. The van der Waals surface area contributed by atoms with Crippen molar-refractivity contribution in [3.63, 3.8) is 0 Å². The number of nitrogens with one attached hydrogen (secondary N) is 1.